The number of likely N-dealkylation sites (N-methyl/N-ethyl adjacent to an activating group) is 1. The summed E-state index contributed by atoms with van der Waals surface area (Å²) in [5, 5.41) is 19.5. The van der Waals surface area contributed by atoms with Gasteiger partial charge in [-0.1, -0.05) is 150 Å². The minimum atomic E-state index is 0.180. The summed E-state index contributed by atoms with van der Waals surface area (Å²) < 4.78 is 47.7. The predicted octanol–water partition coefficient (Wildman–Crippen LogP) is 19.7. The molecule has 0 spiro atoms. The molecule has 0 amide bonds. The Morgan fingerprint density at radius 3 is 1.29 bits per heavy atom. The average Bonchev–Trinajstić information content (AvgIpc) is 1.60. The summed E-state index contributed by atoms with van der Waals surface area (Å²) in [5.41, 5.74) is 27.4. The van der Waals surface area contributed by atoms with Crippen molar-refractivity contribution < 1.29 is 33.2 Å². The van der Waals surface area contributed by atoms with E-state index in [-0.39, 0.29) is 5.25 Å². The Hall–Kier alpha value is -14.3. The van der Waals surface area contributed by atoms with Crippen molar-refractivity contribution in [2.75, 3.05) is 105 Å². The molecule has 25 nitrogen and oxygen atoms in total. The first-order chi connectivity index (χ1) is 66.8. The Morgan fingerprint density at radius 1 is 0.397 bits per heavy atom. The lowest BCUT2D eigenvalue weighted by atomic mass is 10.0. The van der Waals surface area contributed by atoms with Gasteiger partial charge in [-0.2, -0.15) is 20.4 Å². The third-order valence-corrected chi connectivity index (χ3v) is 26.0. The van der Waals surface area contributed by atoms with Crippen molar-refractivity contribution in [1.82, 2.24) is 83.1 Å². The molecular weight excluding hydrogens is 1720 g/mol. The maximum Gasteiger partial charge on any atom is 0.213 e. The van der Waals surface area contributed by atoms with E-state index in [0.29, 0.717) is 77.1 Å². The fraction of sp³-hybridized carbons (Fsp3) is 0.291. The second-order valence-corrected chi connectivity index (χ2v) is 35.6. The molecule has 14 heterocycles. The van der Waals surface area contributed by atoms with Gasteiger partial charge < -0.3 is 53.6 Å². The van der Waals surface area contributed by atoms with Gasteiger partial charge in [0.15, 0.2) is 80.4 Å². The third-order valence-electron chi connectivity index (χ3n) is 24.8. The lowest BCUT2D eigenvalue weighted by Crippen LogP contribution is -2.28. The monoisotopic (exact) mass is 1830 g/mol. The summed E-state index contributed by atoms with van der Waals surface area (Å²) in [6.45, 7) is 28.7. The molecule has 2 N–H and O–H groups in total. The number of hydrogen-bond donors (Lipinski definition) is 1. The third kappa shape index (κ3) is 23.4. The maximum atomic E-state index is 5.88. The van der Waals surface area contributed by atoms with Crippen LogP contribution in [0.3, 0.4) is 0 Å². The molecule has 1 fully saturated rings. The van der Waals surface area contributed by atoms with E-state index in [1.54, 1.807) is 18.0 Å². The fourth-order valence-electron chi connectivity index (χ4n) is 17.3. The molecule has 0 bridgehead atoms. The predicted molar refractivity (Wildman–Crippen MR) is 537 cm³/mol. The van der Waals surface area contributed by atoms with Gasteiger partial charge in [0.1, 0.15) is 46.2 Å². The van der Waals surface area contributed by atoms with E-state index in [1.165, 1.54) is 61.2 Å². The van der Waals surface area contributed by atoms with E-state index in [9.17, 15) is 0 Å². The second-order valence-electron chi connectivity index (χ2n) is 34.2. The van der Waals surface area contributed by atoms with Crippen molar-refractivity contribution >= 4 is 34.4 Å². The molecule has 17 aromatic rings. The lowest BCUT2D eigenvalue weighted by molar-refractivity contribution is 0.171. The number of benzene rings is 7. The molecule has 1 unspecified atom stereocenters. The zero-order valence-corrected chi connectivity index (χ0v) is 78.8. The molecule has 136 heavy (non-hydrogen) atoms. The zero-order chi connectivity index (χ0) is 92.9. The summed E-state index contributed by atoms with van der Waals surface area (Å²) >= 11 is 1.70. The van der Waals surface area contributed by atoms with Gasteiger partial charge >= 0.3 is 0 Å². The van der Waals surface area contributed by atoms with E-state index in [2.05, 4.69) is 187 Å². The number of likely N-dealkylation sites (tertiary alicyclic amines) is 1. The first-order valence-electron chi connectivity index (χ1n) is 47.6. The average molecular weight is 1830 g/mol. The van der Waals surface area contributed by atoms with Gasteiger partial charge in [0.05, 0.1) is 22.8 Å². The first-order valence-corrected chi connectivity index (χ1v) is 48.4. The van der Waals surface area contributed by atoms with Gasteiger partial charge in [0, 0.05) is 94.5 Å². The van der Waals surface area contributed by atoms with Crippen LogP contribution in [0.15, 0.2) is 284 Å². The number of fused-ring (bicyclic) bond motifs is 7. The Kier molecular flexibility index (Phi) is 30.3. The smallest absolute Gasteiger partial charge is 0.213 e. The number of aryl methyl sites for hydroxylation is 2. The number of pyridine rings is 6. The Morgan fingerprint density at radius 2 is 0.816 bits per heavy atom. The van der Waals surface area contributed by atoms with Crippen LogP contribution in [0.1, 0.15) is 117 Å². The number of thioether (sulfide) groups is 1. The van der Waals surface area contributed by atoms with Crippen LogP contribution in [0.2, 0.25) is 0 Å². The molecule has 0 aliphatic carbocycles. The van der Waals surface area contributed by atoms with Gasteiger partial charge in [-0.3, -0.25) is 4.98 Å². The van der Waals surface area contributed by atoms with Crippen molar-refractivity contribution in [3.63, 3.8) is 0 Å². The number of ether oxygens (including phenoxy) is 7. The molecule has 21 rings (SSSR count). The summed E-state index contributed by atoms with van der Waals surface area (Å²) in [4.78, 5) is 36.6. The van der Waals surface area contributed by atoms with Crippen LogP contribution in [0.5, 0.6) is 40.4 Å². The standard InChI is InChI=1S/C32H32N4.C27H31N5O2.C26H29N5O3.C25H24N4O2S/c1-2-10-27(11-3-1)28-12-6-13-29(24-28)30-14-7-15-32-33-31(34-36(30)32)23-26-18-16-25(17-19-26)9-8-22-35-20-4-5-21-35;1-3-31(4-2)14-6-7-22-12-10-20(19-28-22)17-26-29-27-9-5-8-23(32(27)30-26)21-11-13-24-25(18-21)34-16-15-33-24;1-3-30(4-2)12-13-34-26-17-19(10-11-27-26)16-24-28-25-7-5-6-21(31(25)29-24)20-8-9-22-23(18-20)33-15-14-32-22;1-16(26)17(2)32-20-9-6-18(7-10-20)14-24-27-25-5-3-4-21(29(25)28-24)19-8-11-22-23(15-19)31-13-12-30-22/h1-3,6-7,10-19,24H,4-5,8-9,20-23H2;5,8-13,18-19H,3-4,6-7,14-17H2,1-2H3;5-11,17-18H,3-4,12-16H2,1-2H3;3-11,15,17H,1,12-14,26H2,2H3. The molecule has 4 aliphatic heterocycles. The highest BCUT2D eigenvalue weighted by molar-refractivity contribution is 8.00. The molecule has 4 aliphatic rings. The normalized spacial score (nSPS) is 13.4. The van der Waals surface area contributed by atoms with Crippen LogP contribution < -0.4 is 38.9 Å². The van der Waals surface area contributed by atoms with Crippen molar-refractivity contribution in [2.24, 2.45) is 5.73 Å². The summed E-state index contributed by atoms with van der Waals surface area (Å²) in [6.07, 6.45) is 13.6. The molecular formula is C110H116N18O7S. The second kappa shape index (κ2) is 44.7. The van der Waals surface area contributed by atoms with Gasteiger partial charge in [-0.15, -0.1) is 11.8 Å². The number of aromatic nitrogens is 14. The van der Waals surface area contributed by atoms with Crippen molar-refractivity contribution in [3.8, 4) is 96.5 Å². The van der Waals surface area contributed by atoms with Crippen LogP contribution in [-0.2, 0) is 38.5 Å². The van der Waals surface area contributed by atoms with E-state index in [0.717, 1.165) is 218 Å². The number of rotatable bonds is 32. The Balaban J connectivity index is 0.000000121. The Bertz CT molecular complexity index is 6870. The minimum absolute atomic E-state index is 0.180. The quantitative estimate of drug-likeness (QED) is 0.0385. The van der Waals surface area contributed by atoms with E-state index in [4.69, 9.17) is 79.2 Å². The molecule has 7 aromatic carbocycles. The number of nitrogens with two attached hydrogens (primary N) is 1. The van der Waals surface area contributed by atoms with Crippen LogP contribution in [0, 0.1) is 0 Å². The molecule has 1 saturated heterocycles. The lowest BCUT2D eigenvalue weighted by Gasteiger charge is -2.19. The summed E-state index contributed by atoms with van der Waals surface area (Å²) in [6, 6.07) is 87.0. The van der Waals surface area contributed by atoms with Crippen LogP contribution in [-0.4, -0.2) is 193 Å². The minimum Gasteiger partial charge on any atom is -0.486 e. The van der Waals surface area contributed by atoms with Gasteiger partial charge in [-0.25, -0.2) is 43.0 Å². The summed E-state index contributed by atoms with van der Waals surface area (Å²) in [7, 11) is 0. The number of nitrogens with zero attached hydrogens (tertiary/aromatic N) is 17. The van der Waals surface area contributed by atoms with Crippen molar-refractivity contribution in [3.05, 3.63) is 336 Å². The molecule has 1 atom stereocenters. The van der Waals surface area contributed by atoms with Crippen molar-refractivity contribution in [1.29, 1.82) is 0 Å². The van der Waals surface area contributed by atoms with Crippen LogP contribution in [0.4, 0.5) is 0 Å². The zero-order valence-electron chi connectivity index (χ0n) is 78.0. The Labute approximate surface area is 798 Å². The highest BCUT2D eigenvalue weighted by atomic mass is 32.2. The topological polar surface area (TPSA) is 247 Å². The molecule has 10 aromatic heterocycles. The highest BCUT2D eigenvalue weighted by Gasteiger charge is 2.23. The maximum absolute atomic E-state index is 5.88. The van der Waals surface area contributed by atoms with Gasteiger partial charge in [-0.05, 0) is 270 Å². The molecule has 0 radical (unpaired) electrons. The largest absolute Gasteiger partial charge is 0.486 e. The first kappa shape index (κ1) is 92.2. The van der Waals surface area contributed by atoms with Gasteiger partial charge in [0.25, 0.3) is 0 Å². The van der Waals surface area contributed by atoms with E-state index < -0.39 is 0 Å². The van der Waals surface area contributed by atoms with Crippen LogP contribution in [0.25, 0.3) is 78.7 Å². The van der Waals surface area contributed by atoms with E-state index in [1.807, 2.05) is 158 Å². The number of hydrogen-bond acceptors (Lipinski definition) is 22. The molecule has 0 saturated carbocycles. The molecule has 26 heteroatoms. The highest BCUT2D eigenvalue weighted by Crippen LogP contribution is 2.39. The van der Waals surface area contributed by atoms with E-state index >= 15 is 0 Å². The van der Waals surface area contributed by atoms with Gasteiger partial charge in [0.2, 0.25) is 5.88 Å². The summed E-state index contributed by atoms with van der Waals surface area (Å²) in [5.74, 6) is 8.39. The fourth-order valence-corrected chi connectivity index (χ4v) is 18.1. The SMILES string of the molecule is C=C(N)C(C)Sc1ccc(Cc2nc3cccc(-c4ccc5c(c4)OCCO5)n3n2)cc1.CCN(CC)CCCc1ccc(Cc2nc3cccc(-c4ccc5c(c4)OCCO5)n3n2)cn1.CCN(CC)CCOc1cc(Cc2nc3cccc(-c4ccc5c(c4)OCCO5)n3n2)ccn1.c1ccc(-c2cccc(-c3cccc4nc(Cc5ccc(CCCN6CCCC6)cc5)nn34)c2)cc1. The van der Waals surface area contributed by atoms with Crippen LogP contribution >= 0.6 is 11.8 Å². The van der Waals surface area contributed by atoms with Crippen molar-refractivity contribution in [2.45, 2.75) is 109 Å². The molecule has 694 valence electrons.